The van der Waals surface area contributed by atoms with E-state index in [1.54, 1.807) is 26.0 Å². The van der Waals surface area contributed by atoms with Gasteiger partial charge in [0.25, 0.3) is 15.9 Å². The standard InChI is InChI=1S/C19H20N2O6S2/c1-12-9-16(13(2)21(12)14-7-8-28(24,25)11-14)17(22)10-20-19(23)15-5-3-4-6-18(15)29(20,26)27/h3-6,9,14H,7-8,10-11H2,1-2H3. The van der Waals surface area contributed by atoms with Crippen molar-refractivity contribution in [2.24, 2.45) is 0 Å². The summed E-state index contributed by atoms with van der Waals surface area (Å²) in [6, 6.07) is 7.25. The number of Topliss-reactive ketones (excluding diaryl/α,β-unsaturated/α-hetero) is 1. The van der Waals surface area contributed by atoms with Crippen molar-refractivity contribution in [1.82, 2.24) is 8.87 Å². The normalized spacial score (nSPS) is 22.1. The zero-order valence-corrected chi connectivity index (χ0v) is 17.6. The number of sulfonamides is 1. The smallest absolute Gasteiger partial charge is 0.269 e. The van der Waals surface area contributed by atoms with E-state index in [4.69, 9.17) is 0 Å². The molecule has 1 atom stereocenters. The summed E-state index contributed by atoms with van der Waals surface area (Å²) < 4.78 is 51.5. The van der Waals surface area contributed by atoms with Crippen molar-refractivity contribution in [3.63, 3.8) is 0 Å². The Morgan fingerprint density at radius 3 is 2.45 bits per heavy atom. The fourth-order valence-corrected chi connectivity index (χ4v) is 7.43. The summed E-state index contributed by atoms with van der Waals surface area (Å²) in [5, 5.41) is 0. The Hall–Kier alpha value is -2.46. The van der Waals surface area contributed by atoms with E-state index in [-0.39, 0.29) is 28.0 Å². The highest BCUT2D eigenvalue weighted by molar-refractivity contribution is 7.91. The lowest BCUT2D eigenvalue weighted by Crippen LogP contribution is -2.35. The highest BCUT2D eigenvalue weighted by atomic mass is 32.2. The molecule has 1 saturated heterocycles. The van der Waals surface area contributed by atoms with Crippen LogP contribution in [0.1, 0.15) is 44.6 Å². The molecule has 1 aromatic carbocycles. The Morgan fingerprint density at radius 2 is 1.83 bits per heavy atom. The van der Waals surface area contributed by atoms with Gasteiger partial charge in [0, 0.05) is 23.0 Å². The monoisotopic (exact) mass is 436 g/mol. The van der Waals surface area contributed by atoms with Gasteiger partial charge in [0.05, 0.1) is 17.1 Å². The number of carbonyl (C=O) groups excluding carboxylic acids is 2. The van der Waals surface area contributed by atoms with Crippen LogP contribution in [0.3, 0.4) is 0 Å². The predicted molar refractivity (Wildman–Crippen MR) is 105 cm³/mol. The number of rotatable bonds is 4. The molecular formula is C19H20N2O6S2. The van der Waals surface area contributed by atoms with Crippen molar-refractivity contribution in [2.45, 2.75) is 31.2 Å². The number of fused-ring (bicyclic) bond motifs is 1. The van der Waals surface area contributed by atoms with Gasteiger partial charge in [0.1, 0.15) is 11.4 Å². The summed E-state index contributed by atoms with van der Waals surface area (Å²) in [6.45, 7) is 2.89. The SMILES string of the molecule is Cc1cc(C(=O)CN2C(=O)c3ccccc3S2(=O)=O)c(C)n1C1CCS(=O)(=O)C1. The lowest BCUT2D eigenvalue weighted by molar-refractivity contribution is 0.0820. The molecule has 2 aliphatic heterocycles. The molecule has 2 aliphatic rings. The third-order valence-corrected chi connectivity index (χ3v) is 9.09. The first-order valence-corrected chi connectivity index (χ1v) is 12.4. The van der Waals surface area contributed by atoms with E-state index in [1.807, 2.05) is 4.57 Å². The molecule has 1 aromatic heterocycles. The van der Waals surface area contributed by atoms with Gasteiger partial charge >= 0.3 is 0 Å². The van der Waals surface area contributed by atoms with Crippen LogP contribution in [0.5, 0.6) is 0 Å². The van der Waals surface area contributed by atoms with Crippen LogP contribution in [0.2, 0.25) is 0 Å². The van der Waals surface area contributed by atoms with Crippen molar-refractivity contribution in [3.8, 4) is 0 Å². The molecule has 0 spiro atoms. The van der Waals surface area contributed by atoms with Crippen LogP contribution in [0.15, 0.2) is 35.2 Å². The van der Waals surface area contributed by atoms with E-state index in [1.165, 1.54) is 18.2 Å². The molecule has 29 heavy (non-hydrogen) atoms. The quantitative estimate of drug-likeness (QED) is 0.672. The van der Waals surface area contributed by atoms with Gasteiger partial charge in [0.2, 0.25) is 0 Å². The Morgan fingerprint density at radius 1 is 1.14 bits per heavy atom. The van der Waals surface area contributed by atoms with Crippen molar-refractivity contribution in [2.75, 3.05) is 18.1 Å². The Bertz CT molecular complexity index is 1260. The summed E-state index contributed by atoms with van der Waals surface area (Å²) in [5.41, 5.74) is 1.66. The number of aromatic nitrogens is 1. The maximum atomic E-state index is 12.9. The topological polar surface area (TPSA) is 111 Å². The van der Waals surface area contributed by atoms with Crippen molar-refractivity contribution in [3.05, 3.63) is 52.8 Å². The number of carbonyl (C=O) groups is 2. The number of amides is 1. The van der Waals surface area contributed by atoms with Gasteiger partial charge < -0.3 is 4.57 Å². The van der Waals surface area contributed by atoms with E-state index < -0.39 is 38.1 Å². The van der Waals surface area contributed by atoms with Gasteiger partial charge in [-0.15, -0.1) is 0 Å². The summed E-state index contributed by atoms with van der Waals surface area (Å²) in [7, 11) is -7.17. The molecule has 0 saturated carbocycles. The molecule has 154 valence electrons. The average Bonchev–Trinajstić information content (AvgIpc) is 3.22. The molecule has 1 unspecified atom stereocenters. The third kappa shape index (κ3) is 3.10. The molecule has 0 radical (unpaired) electrons. The zero-order valence-electron chi connectivity index (χ0n) is 16.0. The van der Waals surface area contributed by atoms with Crippen LogP contribution in [0.4, 0.5) is 0 Å². The maximum absolute atomic E-state index is 12.9. The third-order valence-electron chi connectivity index (χ3n) is 5.56. The van der Waals surface area contributed by atoms with Crippen LogP contribution in [0.25, 0.3) is 0 Å². The Kier molecular flexibility index (Phi) is 4.47. The minimum Gasteiger partial charge on any atom is -0.344 e. The van der Waals surface area contributed by atoms with Crippen LogP contribution >= 0.6 is 0 Å². The minimum atomic E-state index is -4.07. The molecule has 0 aliphatic carbocycles. The number of aryl methyl sites for hydroxylation is 1. The summed E-state index contributed by atoms with van der Waals surface area (Å²) >= 11 is 0. The van der Waals surface area contributed by atoms with Gasteiger partial charge in [-0.25, -0.2) is 21.1 Å². The zero-order chi connectivity index (χ0) is 21.1. The second-order valence-electron chi connectivity index (χ2n) is 7.45. The number of ketones is 1. The van der Waals surface area contributed by atoms with Crippen molar-refractivity contribution >= 4 is 31.6 Å². The predicted octanol–water partition coefficient (Wildman–Crippen LogP) is 1.49. The molecular weight excluding hydrogens is 416 g/mol. The van der Waals surface area contributed by atoms with E-state index in [0.29, 0.717) is 22.0 Å². The van der Waals surface area contributed by atoms with Crippen molar-refractivity contribution in [1.29, 1.82) is 0 Å². The van der Waals surface area contributed by atoms with Gasteiger partial charge in [0.15, 0.2) is 15.6 Å². The van der Waals surface area contributed by atoms with Gasteiger partial charge in [-0.1, -0.05) is 12.1 Å². The first-order chi connectivity index (χ1) is 13.5. The van der Waals surface area contributed by atoms with E-state index in [0.717, 1.165) is 5.69 Å². The number of benzene rings is 1. The van der Waals surface area contributed by atoms with Crippen LogP contribution in [0, 0.1) is 13.8 Å². The maximum Gasteiger partial charge on any atom is 0.269 e. The average molecular weight is 437 g/mol. The molecule has 10 heteroatoms. The molecule has 3 heterocycles. The second kappa shape index (κ2) is 6.53. The summed E-state index contributed by atoms with van der Waals surface area (Å²) in [5.74, 6) is -1.10. The van der Waals surface area contributed by atoms with Crippen LogP contribution in [-0.4, -0.2) is 55.4 Å². The minimum absolute atomic E-state index is 0.0191. The van der Waals surface area contributed by atoms with E-state index >= 15 is 0 Å². The van der Waals surface area contributed by atoms with Gasteiger partial charge in [-0.05, 0) is 38.5 Å². The summed E-state index contributed by atoms with van der Waals surface area (Å²) in [4.78, 5) is 25.4. The number of sulfone groups is 1. The molecule has 0 N–H and O–H groups in total. The Labute approximate surface area is 169 Å². The van der Waals surface area contributed by atoms with E-state index in [2.05, 4.69) is 0 Å². The number of nitrogens with zero attached hydrogens (tertiary/aromatic N) is 2. The number of hydrogen-bond acceptors (Lipinski definition) is 6. The Balaban J connectivity index is 1.64. The first-order valence-electron chi connectivity index (χ1n) is 9.11. The lowest BCUT2D eigenvalue weighted by Gasteiger charge is -2.17. The van der Waals surface area contributed by atoms with Crippen LogP contribution < -0.4 is 0 Å². The van der Waals surface area contributed by atoms with E-state index in [9.17, 15) is 26.4 Å². The summed E-state index contributed by atoms with van der Waals surface area (Å²) in [6.07, 6.45) is 0.473. The molecule has 4 rings (SSSR count). The fourth-order valence-electron chi connectivity index (χ4n) is 4.20. The highest BCUT2D eigenvalue weighted by Gasteiger charge is 2.42. The molecule has 2 aromatic rings. The van der Waals surface area contributed by atoms with Gasteiger partial charge in [-0.2, -0.15) is 0 Å². The highest BCUT2D eigenvalue weighted by Crippen LogP contribution is 2.32. The largest absolute Gasteiger partial charge is 0.344 e. The first kappa shape index (κ1) is 19.8. The second-order valence-corrected chi connectivity index (χ2v) is 11.5. The fraction of sp³-hybridized carbons (Fsp3) is 0.368. The lowest BCUT2D eigenvalue weighted by atomic mass is 10.1. The number of hydrogen-bond donors (Lipinski definition) is 0. The molecule has 8 nitrogen and oxygen atoms in total. The van der Waals surface area contributed by atoms with Crippen molar-refractivity contribution < 1.29 is 26.4 Å². The molecule has 1 amide bonds. The van der Waals surface area contributed by atoms with Crippen LogP contribution in [-0.2, 0) is 19.9 Å². The molecule has 1 fully saturated rings. The molecule has 0 bridgehead atoms. The van der Waals surface area contributed by atoms with Gasteiger partial charge in [-0.3, -0.25) is 9.59 Å².